The van der Waals surface area contributed by atoms with Gasteiger partial charge in [0.15, 0.2) is 0 Å². The molecule has 1 fully saturated rings. The number of carbonyl (C=O) groups is 1. The van der Waals surface area contributed by atoms with Crippen LogP contribution in [0.4, 0.5) is 10.5 Å². The minimum Gasteiger partial charge on any atom is -0.443 e. The van der Waals surface area contributed by atoms with E-state index in [9.17, 15) is 4.79 Å². The standard InChI is InChI=1S/C11H11Cl2NO3/c12-9-2-1-7(5-10(9)13)14-11(15)17-8-3-4-16-6-8/h1-2,5,8H,3-4,6H2,(H,14,15). The molecule has 1 aliphatic heterocycles. The summed E-state index contributed by atoms with van der Waals surface area (Å²) in [5, 5.41) is 3.40. The van der Waals surface area contributed by atoms with Crippen LogP contribution < -0.4 is 5.32 Å². The molecule has 1 unspecified atom stereocenters. The fourth-order valence-electron chi connectivity index (χ4n) is 1.48. The molecule has 1 saturated heterocycles. The molecule has 1 aromatic rings. The molecular weight excluding hydrogens is 265 g/mol. The Hall–Kier alpha value is -0.970. The molecule has 1 aliphatic rings. The van der Waals surface area contributed by atoms with Gasteiger partial charge in [0.1, 0.15) is 6.10 Å². The first-order valence-electron chi connectivity index (χ1n) is 5.15. The smallest absolute Gasteiger partial charge is 0.411 e. The maximum absolute atomic E-state index is 11.5. The minimum atomic E-state index is -0.515. The quantitative estimate of drug-likeness (QED) is 0.901. The van der Waals surface area contributed by atoms with E-state index in [0.29, 0.717) is 28.9 Å². The van der Waals surface area contributed by atoms with Gasteiger partial charge in [-0.15, -0.1) is 0 Å². The predicted octanol–water partition coefficient (Wildman–Crippen LogP) is 3.33. The van der Waals surface area contributed by atoms with Crippen molar-refractivity contribution in [3.8, 4) is 0 Å². The second-order valence-electron chi connectivity index (χ2n) is 3.64. The maximum atomic E-state index is 11.5. The first-order valence-corrected chi connectivity index (χ1v) is 5.91. The molecule has 0 saturated carbocycles. The Morgan fingerprint density at radius 2 is 2.24 bits per heavy atom. The molecule has 1 amide bonds. The van der Waals surface area contributed by atoms with Crippen molar-refractivity contribution in [1.82, 2.24) is 0 Å². The SMILES string of the molecule is O=C(Nc1ccc(Cl)c(Cl)c1)OC1CCOC1. The molecule has 17 heavy (non-hydrogen) atoms. The molecule has 0 radical (unpaired) electrons. The van der Waals surface area contributed by atoms with Crippen molar-refractivity contribution in [3.63, 3.8) is 0 Å². The zero-order chi connectivity index (χ0) is 12.3. The lowest BCUT2D eigenvalue weighted by Gasteiger charge is -2.11. The van der Waals surface area contributed by atoms with Crippen molar-refractivity contribution in [2.45, 2.75) is 12.5 Å². The lowest BCUT2D eigenvalue weighted by Crippen LogP contribution is -2.22. The summed E-state index contributed by atoms with van der Waals surface area (Å²) < 4.78 is 10.2. The summed E-state index contributed by atoms with van der Waals surface area (Å²) in [6, 6.07) is 4.83. The molecule has 2 rings (SSSR count). The van der Waals surface area contributed by atoms with Crippen molar-refractivity contribution in [2.75, 3.05) is 18.5 Å². The molecule has 6 heteroatoms. The molecule has 1 heterocycles. The number of anilines is 1. The van der Waals surface area contributed by atoms with Crippen LogP contribution in [0.5, 0.6) is 0 Å². The summed E-state index contributed by atoms with van der Waals surface area (Å²) in [7, 11) is 0. The lowest BCUT2D eigenvalue weighted by atomic mass is 10.3. The van der Waals surface area contributed by atoms with E-state index < -0.39 is 6.09 Å². The molecule has 0 aliphatic carbocycles. The van der Waals surface area contributed by atoms with E-state index in [1.165, 1.54) is 0 Å². The third kappa shape index (κ3) is 3.49. The third-order valence-corrected chi connectivity index (χ3v) is 3.07. The fourth-order valence-corrected chi connectivity index (χ4v) is 1.78. The Balaban J connectivity index is 1.90. The van der Waals surface area contributed by atoms with Gasteiger partial charge in [0, 0.05) is 12.1 Å². The molecule has 1 N–H and O–H groups in total. The van der Waals surface area contributed by atoms with Gasteiger partial charge < -0.3 is 9.47 Å². The van der Waals surface area contributed by atoms with E-state index in [0.717, 1.165) is 6.42 Å². The van der Waals surface area contributed by atoms with Crippen molar-refractivity contribution in [2.24, 2.45) is 0 Å². The molecule has 0 aromatic heterocycles. The maximum Gasteiger partial charge on any atom is 0.411 e. The molecule has 0 bridgehead atoms. The second kappa shape index (κ2) is 5.58. The van der Waals surface area contributed by atoms with Gasteiger partial charge in [-0.1, -0.05) is 23.2 Å². The zero-order valence-electron chi connectivity index (χ0n) is 8.91. The Morgan fingerprint density at radius 1 is 1.41 bits per heavy atom. The van der Waals surface area contributed by atoms with Gasteiger partial charge in [-0.25, -0.2) is 4.79 Å². The second-order valence-corrected chi connectivity index (χ2v) is 4.46. The number of carbonyl (C=O) groups excluding carboxylic acids is 1. The van der Waals surface area contributed by atoms with Crippen LogP contribution >= 0.6 is 23.2 Å². The Labute approximate surface area is 109 Å². The molecule has 1 atom stereocenters. The van der Waals surface area contributed by atoms with Gasteiger partial charge in [-0.2, -0.15) is 0 Å². The van der Waals surface area contributed by atoms with Crippen molar-refractivity contribution in [3.05, 3.63) is 28.2 Å². The largest absolute Gasteiger partial charge is 0.443 e. The van der Waals surface area contributed by atoms with Crippen LogP contribution in [0, 0.1) is 0 Å². The van der Waals surface area contributed by atoms with Crippen LogP contribution in [0.1, 0.15) is 6.42 Å². The normalized spacial score (nSPS) is 19.1. The van der Waals surface area contributed by atoms with Gasteiger partial charge in [-0.05, 0) is 18.2 Å². The van der Waals surface area contributed by atoms with Crippen LogP contribution in [0.3, 0.4) is 0 Å². The molecular formula is C11H11Cl2NO3. The Morgan fingerprint density at radius 3 is 2.88 bits per heavy atom. The highest BCUT2D eigenvalue weighted by Gasteiger charge is 2.19. The number of nitrogens with one attached hydrogen (secondary N) is 1. The Kier molecular flexibility index (Phi) is 4.10. The number of rotatable bonds is 2. The third-order valence-electron chi connectivity index (χ3n) is 2.33. The fraction of sp³-hybridized carbons (Fsp3) is 0.364. The van der Waals surface area contributed by atoms with Gasteiger partial charge in [0.05, 0.1) is 23.3 Å². The predicted molar refractivity (Wildman–Crippen MR) is 65.8 cm³/mol. The number of hydrogen-bond acceptors (Lipinski definition) is 3. The topological polar surface area (TPSA) is 47.6 Å². The van der Waals surface area contributed by atoms with Crippen molar-refractivity contribution in [1.29, 1.82) is 0 Å². The van der Waals surface area contributed by atoms with E-state index in [-0.39, 0.29) is 6.10 Å². The molecule has 1 aromatic carbocycles. The van der Waals surface area contributed by atoms with E-state index >= 15 is 0 Å². The average molecular weight is 276 g/mol. The summed E-state index contributed by atoms with van der Waals surface area (Å²) in [4.78, 5) is 11.5. The molecule has 92 valence electrons. The number of benzene rings is 1. The highest BCUT2D eigenvalue weighted by atomic mass is 35.5. The molecule has 0 spiro atoms. The van der Waals surface area contributed by atoms with Gasteiger partial charge in [-0.3, -0.25) is 5.32 Å². The highest BCUT2D eigenvalue weighted by molar-refractivity contribution is 6.42. The first-order chi connectivity index (χ1) is 8.15. The van der Waals surface area contributed by atoms with Gasteiger partial charge in [0.25, 0.3) is 0 Å². The highest BCUT2D eigenvalue weighted by Crippen LogP contribution is 2.25. The minimum absolute atomic E-state index is 0.169. The monoisotopic (exact) mass is 275 g/mol. The summed E-state index contributed by atoms with van der Waals surface area (Å²) in [5.41, 5.74) is 0.545. The van der Waals surface area contributed by atoms with Crippen LogP contribution in [0.15, 0.2) is 18.2 Å². The Bertz CT molecular complexity index is 419. The van der Waals surface area contributed by atoms with Gasteiger partial charge in [0.2, 0.25) is 0 Å². The van der Waals surface area contributed by atoms with Crippen LogP contribution in [0.2, 0.25) is 10.0 Å². The summed E-state index contributed by atoms with van der Waals surface area (Å²) >= 11 is 11.6. The summed E-state index contributed by atoms with van der Waals surface area (Å²) in [6.45, 7) is 1.08. The van der Waals surface area contributed by atoms with Crippen molar-refractivity contribution >= 4 is 35.0 Å². The average Bonchev–Trinajstić information content (AvgIpc) is 2.76. The number of hydrogen-bond donors (Lipinski definition) is 1. The number of halogens is 2. The van der Waals surface area contributed by atoms with Crippen LogP contribution in [0.25, 0.3) is 0 Å². The summed E-state index contributed by atoms with van der Waals surface area (Å²) in [5.74, 6) is 0. The summed E-state index contributed by atoms with van der Waals surface area (Å²) in [6.07, 6.45) is 0.0473. The van der Waals surface area contributed by atoms with E-state index in [2.05, 4.69) is 5.32 Å². The van der Waals surface area contributed by atoms with E-state index in [1.54, 1.807) is 18.2 Å². The van der Waals surface area contributed by atoms with Crippen molar-refractivity contribution < 1.29 is 14.3 Å². The van der Waals surface area contributed by atoms with E-state index in [1.807, 2.05) is 0 Å². The van der Waals surface area contributed by atoms with Crippen LogP contribution in [-0.4, -0.2) is 25.4 Å². The van der Waals surface area contributed by atoms with Crippen LogP contribution in [-0.2, 0) is 9.47 Å². The lowest BCUT2D eigenvalue weighted by molar-refractivity contribution is 0.0932. The molecule has 4 nitrogen and oxygen atoms in total. The number of amides is 1. The van der Waals surface area contributed by atoms with Gasteiger partial charge >= 0.3 is 6.09 Å². The first kappa shape index (κ1) is 12.5. The van der Waals surface area contributed by atoms with E-state index in [4.69, 9.17) is 32.7 Å². The zero-order valence-corrected chi connectivity index (χ0v) is 10.4. The number of ether oxygens (including phenoxy) is 2.